The van der Waals surface area contributed by atoms with Gasteiger partial charge in [-0.25, -0.2) is 9.69 Å². The van der Waals surface area contributed by atoms with Gasteiger partial charge in [0.05, 0.1) is 7.11 Å². The van der Waals surface area contributed by atoms with Gasteiger partial charge < -0.3 is 14.8 Å². The molecule has 2 aromatic carbocycles. The zero-order valence-electron chi connectivity index (χ0n) is 16.1. The van der Waals surface area contributed by atoms with Crippen molar-refractivity contribution in [2.75, 3.05) is 19.0 Å². The molecule has 0 radical (unpaired) electrons. The molecule has 1 N–H and O–H groups in total. The number of carbonyl (C=O) groups excluding carboxylic acids is 2. The van der Waals surface area contributed by atoms with Crippen molar-refractivity contribution in [2.24, 2.45) is 0 Å². The predicted octanol–water partition coefficient (Wildman–Crippen LogP) is 4.34. The maximum atomic E-state index is 12.8. The molecule has 6 nitrogen and oxygen atoms in total. The van der Waals surface area contributed by atoms with Gasteiger partial charge in [-0.15, -0.1) is 0 Å². The molecule has 1 aliphatic rings. The number of hydrogen-bond acceptors (Lipinski definition) is 5. The fourth-order valence-electron chi connectivity index (χ4n) is 3.07. The molecule has 2 aromatic rings. The number of rotatable bonds is 6. The van der Waals surface area contributed by atoms with E-state index in [9.17, 15) is 9.59 Å². The standard InChI is InChI=1S/C22H24N2O4/c1-3-20(23-17-9-11-18(27-2)12-10-17)19-13-14-24(21(19)25)22(26)28-15-16-7-5-4-6-8-16/h4-12,23H,3,13-15H2,1-2H3/b20-19-. The summed E-state index contributed by atoms with van der Waals surface area (Å²) in [7, 11) is 1.62. The summed E-state index contributed by atoms with van der Waals surface area (Å²) >= 11 is 0. The molecule has 0 aliphatic carbocycles. The molecular formula is C22H24N2O4. The molecule has 0 bridgehead atoms. The monoisotopic (exact) mass is 380 g/mol. The quantitative estimate of drug-likeness (QED) is 0.755. The number of methoxy groups -OCH3 is 1. The van der Waals surface area contributed by atoms with Gasteiger partial charge in [0.25, 0.3) is 5.91 Å². The average molecular weight is 380 g/mol. The normalized spacial score (nSPS) is 15.4. The molecule has 0 saturated carbocycles. The molecule has 0 spiro atoms. The van der Waals surface area contributed by atoms with E-state index in [-0.39, 0.29) is 12.5 Å². The van der Waals surface area contributed by atoms with Crippen LogP contribution in [0.5, 0.6) is 5.75 Å². The summed E-state index contributed by atoms with van der Waals surface area (Å²) in [6.45, 7) is 2.45. The minimum Gasteiger partial charge on any atom is -0.497 e. The Kier molecular flexibility index (Phi) is 6.32. The van der Waals surface area contributed by atoms with Crippen LogP contribution in [0.15, 0.2) is 65.9 Å². The number of imide groups is 1. The van der Waals surface area contributed by atoms with E-state index in [2.05, 4.69) is 5.32 Å². The number of carbonyl (C=O) groups is 2. The maximum absolute atomic E-state index is 12.8. The molecule has 6 heteroatoms. The third-order valence-corrected chi connectivity index (χ3v) is 4.62. The summed E-state index contributed by atoms with van der Waals surface area (Å²) in [4.78, 5) is 26.3. The minimum atomic E-state index is -0.608. The van der Waals surface area contributed by atoms with E-state index < -0.39 is 6.09 Å². The lowest BCUT2D eigenvalue weighted by Gasteiger charge is -2.15. The van der Waals surface area contributed by atoms with E-state index in [1.807, 2.05) is 61.5 Å². The van der Waals surface area contributed by atoms with Crippen LogP contribution in [0.2, 0.25) is 0 Å². The number of ether oxygens (including phenoxy) is 2. The van der Waals surface area contributed by atoms with Gasteiger partial charge in [0.15, 0.2) is 0 Å². The predicted molar refractivity (Wildman–Crippen MR) is 107 cm³/mol. The lowest BCUT2D eigenvalue weighted by atomic mass is 10.1. The van der Waals surface area contributed by atoms with Gasteiger partial charge in [0, 0.05) is 23.5 Å². The highest BCUT2D eigenvalue weighted by atomic mass is 16.6. The smallest absolute Gasteiger partial charge is 0.417 e. The Hall–Kier alpha value is -3.28. The molecule has 28 heavy (non-hydrogen) atoms. The van der Waals surface area contributed by atoms with E-state index in [4.69, 9.17) is 9.47 Å². The van der Waals surface area contributed by atoms with Crippen LogP contribution < -0.4 is 10.1 Å². The van der Waals surface area contributed by atoms with Crippen LogP contribution >= 0.6 is 0 Å². The fourth-order valence-corrected chi connectivity index (χ4v) is 3.07. The highest BCUT2D eigenvalue weighted by Crippen LogP contribution is 2.25. The maximum Gasteiger partial charge on any atom is 0.417 e. The van der Waals surface area contributed by atoms with E-state index in [0.717, 1.165) is 22.7 Å². The van der Waals surface area contributed by atoms with Gasteiger partial charge in [-0.05, 0) is 42.7 Å². The molecule has 146 valence electrons. The molecule has 0 atom stereocenters. The number of amides is 2. The molecule has 1 saturated heterocycles. The van der Waals surface area contributed by atoms with E-state index >= 15 is 0 Å². The van der Waals surface area contributed by atoms with Crippen LogP contribution in [0.25, 0.3) is 0 Å². The highest BCUT2D eigenvalue weighted by Gasteiger charge is 2.34. The number of likely N-dealkylation sites (tertiary alicyclic amines) is 1. The Morgan fingerprint density at radius 3 is 2.46 bits per heavy atom. The van der Waals surface area contributed by atoms with Crippen molar-refractivity contribution in [1.29, 1.82) is 0 Å². The van der Waals surface area contributed by atoms with Crippen LogP contribution in [-0.2, 0) is 16.1 Å². The fraction of sp³-hybridized carbons (Fsp3) is 0.273. The largest absolute Gasteiger partial charge is 0.497 e. The van der Waals surface area contributed by atoms with Crippen LogP contribution in [-0.4, -0.2) is 30.6 Å². The summed E-state index contributed by atoms with van der Waals surface area (Å²) in [6, 6.07) is 16.9. The average Bonchev–Trinajstić information content (AvgIpc) is 3.12. The number of nitrogens with zero attached hydrogens (tertiary/aromatic N) is 1. The van der Waals surface area contributed by atoms with Gasteiger partial charge in [0.2, 0.25) is 0 Å². The van der Waals surface area contributed by atoms with Crippen molar-refractivity contribution >= 4 is 17.7 Å². The van der Waals surface area contributed by atoms with Gasteiger partial charge in [0.1, 0.15) is 12.4 Å². The second-order valence-corrected chi connectivity index (χ2v) is 6.41. The third-order valence-electron chi connectivity index (χ3n) is 4.62. The Morgan fingerprint density at radius 1 is 1.11 bits per heavy atom. The van der Waals surface area contributed by atoms with Gasteiger partial charge in [-0.2, -0.15) is 0 Å². The number of nitrogens with one attached hydrogen (secondary N) is 1. The van der Waals surface area contributed by atoms with Crippen LogP contribution in [0, 0.1) is 0 Å². The Balaban J connectivity index is 1.66. The van der Waals surface area contributed by atoms with Crippen molar-refractivity contribution in [1.82, 2.24) is 4.90 Å². The molecule has 1 fully saturated rings. The molecular weight excluding hydrogens is 356 g/mol. The second kappa shape index (κ2) is 9.08. The van der Waals surface area contributed by atoms with Gasteiger partial charge in [-0.3, -0.25) is 4.79 Å². The first-order valence-corrected chi connectivity index (χ1v) is 9.28. The number of benzene rings is 2. The summed E-state index contributed by atoms with van der Waals surface area (Å²) in [5, 5.41) is 3.29. The van der Waals surface area contributed by atoms with Crippen molar-refractivity contribution in [3.8, 4) is 5.75 Å². The SMILES string of the molecule is CC/C(Nc1ccc(OC)cc1)=C1\CCN(C(=O)OCc2ccccc2)C1=O. The van der Waals surface area contributed by atoms with Crippen molar-refractivity contribution in [3.63, 3.8) is 0 Å². The van der Waals surface area contributed by atoms with Gasteiger partial charge in [-0.1, -0.05) is 37.3 Å². The Bertz CT molecular complexity index is 860. The summed E-state index contributed by atoms with van der Waals surface area (Å²) in [5.74, 6) is 0.469. The number of anilines is 1. The second-order valence-electron chi connectivity index (χ2n) is 6.41. The van der Waals surface area contributed by atoms with Crippen LogP contribution in [0.3, 0.4) is 0 Å². The zero-order chi connectivity index (χ0) is 19.9. The Labute approximate surface area is 164 Å². The summed E-state index contributed by atoms with van der Waals surface area (Å²) in [6.07, 6.45) is 0.551. The van der Waals surface area contributed by atoms with Crippen molar-refractivity contribution in [3.05, 3.63) is 71.4 Å². The molecule has 0 aromatic heterocycles. The van der Waals surface area contributed by atoms with E-state index in [1.165, 1.54) is 4.90 Å². The first kappa shape index (κ1) is 19.5. The number of hydrogen-bond donors (Lipinski definition) is 1. The van der Waals surface area contributed by atoms with E-state index in [0.29, 0.717) is 25.0 Å². The lowest BCUT2D eigenvalue weighted by molar-refractivity contribution is -0.123. The lowest BCUT2D eigenvalue weighted by Crippen LogP contribution is -2.33. The zero-order valence-corrected chi connectivity index (χ0v) is 16.1. The molecule has 3 rings (SSSR count). The summed E-state index contributed by atoms with van der Waals surface area (Å²) < 4.78 is 10.5. The van der Waals surface area contributed by atoms with Crippen LogP contribution in [0.4, 0.5) is 10.5 Å². The van der Waals surface area contributed by atoms with Crippen molar-refractivity contribution < 1.29 is 19.1 Å². The van der Waals surface area contributed by atoms with Gasteiger partial charge >= 0.3 is 6.09 Å². The summed E-state index contributed by atoms with van der Waals surface area (Å²) in [5.41, 5.74) is 3.18. The number of allylic oxidation sites excluding steroid dienone is 1. The van der Waals surface area contributed by atoms with Crippen LogP contribution in [0.1, 0.15) is 25.3 Å². The molecule has 1 aliphatic heterocycles. The third kappa shape index (κ3) is 4.52. The Morgan fingerprint density at radius 2 is 1.82 bits per heavy atom. The van der Waals surface area contributed by atoms with E-state index in [1.54, 1.807) is 7.11 Å². The molecule has 0 unspecified atom stereocenters. The highest BCUT2D eigenvalue weighted by molar-refractivity contribution is 6.05. The first-order valence-electron chi connectivity index (χ1n) is 9.28. The minimum absolute atomic E-state index is 0.146. The molecule has 2 amide bonds. The topological polar surface area (TPSA) is 67.9 Å². The first-order chi connectivity index (χ1) is 13.6. The van der Waals surface area contributed by atoms with Crippen molar-refractivity contribution in [2.45, 2.75) is 26.4 Å². The molecule has 1 heterocycles.